The molecule has 1 saturated carbocycles. The Kier molecular flexibility index (Phi) is 5.90. The van der Waals surface area contributed by atoms with Crippen LogP contribution in [0, 0.1) is 23.4 Å². The fourth-order valence-corrected chi connectivity index (χ4v) is 4.24. The first-order valence-corrected chi connectivity index (χ1v) is 10.8. The van der Waals surface area contributed by atoms with Gasteiger partial charge in [0.25, 0.3) is 5.91 Å². The number of benzene rings is 2. The molecule has 2 aromatic carbocycles. The average molecular weight is 458 g/mol. The lowest BCUT2D eigenvalue weighted by atomic mass is 9.90. The molecule has 1 aliphatic heterocycles. The number of rotatable bonds is 6. The van der Waals surface area contributed by atoms with E-state index in [2.05, 4.69) is 10.3 Å². The number of amides is 2. The first-order valence-electron chi connectivity index (χ1n) is 10.8. The van der Waals surface area contributed by atoms with Gasteiger partial charge >= 0.3 is 0 Å². The fourth-order valence-electron chi connectivity index (χ4n) is 4.24. The summed E-state index contributed by atoms with van der Waals surface area (Å²) in [5.74, 6) is -2.58. The Morgan fingerprint density at radius 2 is 1.79 bits per heavy atom. The van der Waals surface area contributed by atoms with Crippen LogP contribution in [0.25, 0.3) is 0 Å². The molecular formula is C24H25F3N4O2. The van der Waals surface area contributed by atoms with Gasteiger partial charge in [0.2, 0.25) is 5.91 Å². The number of hydrogen-bond donors (Lipinski definition) is 2. The van der Waals surface area contributed by atoms with Crippen LogP contribution in [0.4, 0.5) is 13.2 Å². The van der Waals surface area contributed by atoms with Gasteiger partial charge in [-0.1, -0.05) is 0 Å². The van der Waals surface area contributed by atoms with Crippen LogP contribution in [-0.2, 0) is 11.3 Å². The van der Waals surface area contributed by atoms with Gasteiger partial charge in [-0.15, -0.1) is 0 Å². The Labute approximate surface area is 189 Å². The van der Waals surface area contributed by atoms with E-state index >= 15 is 0 Å². The van der Waals surface area contributed by atoms with Crippen LogP contribution in [0.2, 0.25) is 0 Å². The van der Waals surface area contributed by atoms with Crippen LogP contribution in [0.5, 0.6) is 0 Å². The van der Waals surface area contributed by atoms with Crippen LogP contribution in [0.3, 0.4) is 0 Å². The van der Waals surface area contributed by atoms with E-state index in [-0.39, 0.29) is 36.0 Å². The van der Waals surface area contributed by atoms with Gasteiger partial charge in [0.15, 0.2) is 5.96 Å². The maximum absolute atomic E-state index is 14.3. The van der Waals surface area contributed by atoms with Crippen molar-refractivity contribution >= 4 is 17.8 Å². The van der Waals surface area contributed by atoms with E-state index in [0.717, 1.165) is 37.1 Å². The summed E-state index contributed by atoms with van der Waals surface area (Å²) >= 11 is 0. The van der Waals surface area contributed by atoms with Gasteiger partial charge in [0, 0.05) is 11.6 Å². The molecule has 33 heavy (non-hydrogen) atoms. The summed E-state index contributed by atoms with van der Waals surface area (Å²) in [4.78, 5) is 31.3. The van der Waals surface area contributed by atoms with E-state index in [0.29, 0.717) is 11.5 Å². The van der Waals surface area contributed by atoms with Crippen LogP contribution in [0.1, 0.15) is 60.6 Å². The van der Waals surface area contributed by atoms with Crippen molar-refractivity contribution in [3.8, 4) is 0 Å². The summed E-state index contributed by atoms with van der Waals surface area (Å²) < 4.78 is 41.3. The molecule has 4 rings (SSSR count). The third kappa shape index (κ3) is 5.02. The van der Waals surface area contributed by atoms with Crippen molar-refractivity contribution in [2.75, 3.05) is 0 Å². The molecule has 1 fully saturated rings. The molecule has 2 aromatic rings. The second-order valence-electron chi connectivity index (χ2n) is 9.00. The zero-order chi connectivity index (χ0) is 23.9. The van der Waals surface area contributed by atoms with Crippen molar-refractivity contribution in [1.82, 2.24) is 10.2 Å². The van der Waals surface area contributed by atoms with Crippen molar-refractivity contribution in [2.45, 2.75) is 51.2 Å². The van der Waals surface area contributed by atoms with Crippen LogP contribution in [-0.4, -0.2) is 28.2 Å². The second kappa shape index (κ2) is 8.53. The topological polar surface area (TPSA) is 87.8 Å². The summed E-state index contributed by atoms with van der Waals surface area (Å²) in [6, 6.07) is 5.97. The second-order valence-corrected chi connectivity index (χ2v) is 9.00. The Hall–Kier alpha value is -3.36. The molecule has 0 radical (unpaired) electrons. The lowest BCUT2D eigenvalue weighted by molar-refractivity contribution is -0.130. The molecule has 2 atom stereocenters. The fraction of sp³-hybridized carbons (Fsp3) is 0.375. The molecule has 0 aromatic heterocycles. The van der Waals surface area contributed by atoms with Crippen molar-refractivity contribution < 1.29 is 22.8 Å². The van der Waals surface area contributed by atoms with Crippen LogP contribution in [0.15, 0.2) is 41.4 Å². The molecule has 0 saturated heterocycles. The monoisotopic (exact) mass is 458 g/mol. The van der Waals surface area contributed by atoms with Crippen LogP contribution < -0.4 is 11.1 Å². The van der Waals surface area contributed by atoms with Gasteiger partial charge in [0.1, 0.15) is 17.5 Å². The summed E-state index contributed by atoms with van der Waals surface area (Å²) in [6.45, 7) is 3.45. The third-order valence-electron chi connectivity index (χ3n) is 6.21. The SMILES string of the molecule is CC(NC(=O)c1cc(F)cc(CN2C(=O)CC(C)(C3CC3)N=C2N)c1)c1cc(F)cc(F)c1. The van der Waals surface area contributed by atoms with Crippen molar-refractivity contribution in [1.29, 1.82) is 0 Å². The Bertz CT molecular complexity index is 1130. The van der Waals surface area contributed by atoms with Gasteiger partial charge < -0.3 is 11.1 Å². The highest BCUT2D eigenvalue weighted by molar-refractivity contribution is 5.99. The maximum Gasteiger partial charge on any atom is 0.251 e. The predicted molar refractivity (Wildman–Crippen MR) is 117 cm³/mol. The minimum Gasteiger partial charge on any atom is -0.369 e. The number of hydrogen-bond acceptors (Lipinski definition) is 4. The highest BCUT2D eigenvalue weighted by atomic mass is 19.1. The minimum atomic E-state index is -0.762. The smallest absolute Gasteiger partial charge is 0.251 e. The number of carbonyl (C=O) groups is 2. The van der Waals surface area contributed by atoms with Gasteiger partial charge in [-0.2, -0.15) is 0 Å². The molecule has 2 amide bonds. The van der Waals surface area contributed by atoms with Gasteiger partial charge in [-0.25, -0.2) is 18.2 Å². The number of aliphatic imine (C=N–C) groups is 1. The summed E-state index contributed by atoms with van der Waals surface area (Å²) in [6.07, 6.45) is 2.26. The molecule has 6 nitrogen and oxygen atoms in total. The summed E-state index contributed by atoms with van der Waals surface area (Å²) in [5, 5.41) is 2.60. The van der Waals surface area contributed by atoms with Crippen molar-refractivity contribution in [3.05, 3.63) is 70.5 Å². The molecule has 2 unspecified atom stereocenters. The van der Waals surface area contributed by atoms with Gasteiger partial charge in [0.05, 0.1) is 24.5 Å². The first-order chi connectivity index (χ1) is 15.5. The molecule has 2 aliphatic rings. The number of halogens is 3. The molecule has 0 spiro atoms. The number of guanidine groups is 1. The zero-order valence-electron chi connectivity index (χ0n) is 18.4. The Morgan fingerprint density at radius 3 is 2.39 bits per heavy atom. The van der Waals surface area contributed by atoms with Crippen molar-refractivity contribution in [3.63, 3.8) is 0 Å². The summed E-state index contributed by atoms with van der Waals surface area (Å²) in [7, 11) is 0. The number of nitrogens with zero attached hydrogens (tertiary/aromatic N) is 2. The van der Waals surface area contributed by atoms with Gasteiger partial charge in [-0.05, 0) is 74.1 Å². The quantitative estimate of drug-likeness (QED) is 0.690. The normalized spacial score (nSPS) is 21.5. The molecule has 3 N–H and O–H groups in total. The average Bonchev–Trinajstić information content (AvgIpc) is 3.55. The Morgan fingerprint density at radius 1 is 1.15 bits per heavy atom. The highest BCUT2D eigenvalue weighted by Crippen LogP contribution is 2.45. The van der Waals surface area contributed by atoms with E-state index in [9.17, 15) is 22.8 Å². The minimum absolute atomic E-state index is 0.0107. The van der Waals surface area contributed by atoms with Crippen molar-refractivity contribution in [2.24, 2.45) is 16.6 Å². The van der Waals surface area contributed by atoms with Gasteiger partial charge in [-0.3, -0.25) is 14.5 Å². The number of nitrogens with one attached hydrogen (secondary N) is 1. The lowest BCUT2D eigenvalue weighted by Gasteiger charge is -2.35. The maximum atomic E-state index is 14.3. The number of nitrogens with two attached hydrogens (primary N) is 1. The zero-order valence-corrected chi connectivity index (χ0v) is 18.4. The highest BCUT2D eigenvalue weighted by Gasteiger charge is 2.46. The predicted octanol–water partition coefficient (Wildman–Crippen LogP) is 3.81. The largest absolute Gasteiger partial charge is 0.369 e. The van der Waals surface area contributed by atoms with Crippen LogP contribution >= 0.6 is 0 Å². The lowest BCUT2D eigenvalue weighted by Crippen LogP contribution is -2.50. The summed E-state index contributed by atoms with van der Waals surface area (Å²) in [5.41, 5.74) is 6.18. The number of carbonyl (C=O) groups excluding carboxylic acids is 2. The van der Waals surface area contributed by atoms with E-state index in [4.69, 9.17) is 5.73 Å². The molecule has 1 aliphatic carbocycles. The molecule has 0 bridgehead atoms. The standard InChI is InChI=1S/C24H25F3N4O2/c1-13(15-7-19(26)10-20(27)8-15)29-22(33)16-5-14(6-18(25)9-16)12-31-21(32)11-24(2,17-3-4-17)30-23(31)28/h5-10,13,17H,3-4,11-12H2,1-2H3,(H2,28,30)(H,29,33). The molecular weight excluding hydrogens is 433 g/mol. The first kappa shape index (κ1) is 22.8. The molecule has 1 heterocycles. The van der Waals surface area contributed by atoms with E-state index in [1.54, 1.807) is 6.92 Å². The third-order valence-corrected chi connectivity index (χ3v) is 6.21. The van der Waals surface area contributed by atoms with E-state index in [1.165, 1.54) is 17.0 Å². The van der Waals surface area contributed by atoms with E-state index in [1.807, 2.05) is 6.92 Å². The molecule has 174 valence electrons. The van der Waals surface area contributed by atoms with E-state index < -0.39 is 34.9 Å². The Balaban J connectivity index is 1.50. The molecule has 9 heteroatoms.